The zero-order valence-electron chi connectivity index (χ0n) is 28.3. The molecule has 0 aromatic heterocycles. The van der Waals surface area contributed by atoms with Crippen molar-refractivity contribution in [2.45, 2.75) is 12.8 Å². The first-order valence-electron chi connectivity index (χ1n) is 17.9. The highest BCUT2D eigenvalue weighted by Crippen LogP contribution is 2.42. The zero-order valence-corrected chi connectivity index (χ0v) is 28.3. The SMILES string of the molecule is C1=Cc2cc3ccccc3c(-c3ccc(N(c4ccc(-c5c6ccccc6cc6ccccc56)cc4)c4ccc5ccccc5c4)cc3)c2CC1. The van der Waals surface area contributed by atoms with Gasteiger partial charge in [0.05, 0.1) is 0 Å². The minimum absolute atomic E-state index is 1.06. The molecule has 10 rings (SSSR count). The van der Waals surface area contributed by atoms with Crippen molar-refractivity contribution in [1.29, 1.82) is 0 Å². The standard InChI is InChI=1S/C50H35N/c1-2-12-37-33-44(30-21-34(37)11-1)51(42-26-22-35(23-27-42)49-45-17-7-3-13-38(45)31-39-14-4-8-18-46(39)49)43-28-24-36(25-29-43)50-47-19-9-5-15-40(47)32-41-16-6-10-20-48(41)50/h1-9,11-19,21-33H,10,20H2. The van der Waals surface area contributed by atoms with Crippen molar-refractivity contribution in [3.8, 4) is 22.3 Å². The molecule has 0 fully saturated rings. The Balaban J connectivity index is 1.12. The van der Waals surface area contributed by atoms with Crippen molar-refractivity contribution in [2.24, 2.45) is 0 Å². The normalized spacial score (nSPS) is 12.5. The molecule has 0 unspecified atom stereocenters. The Morgan fingerprint density at radius 1 is 0.373 bits per heavy atom. The smallest absolute Gasteiger partial charge is 0.0468 e. The summed E-state index contributed by atoms with van der Waals surface area (Å²) in [7, 11) is 0. The van der Waals surface area contributed by atoms with Gasteiger partial charge in [-0.2, -0.15) is 0 Å². The third-order valence-corrected chi connectivity index (χ3v) is 10.6. The molecular weight excluding hydrogens is 615 g/mol. The summed E-state index contributed by atoms with van der Waals surface area (Å²) < 4.78 is 0. The van der Waals surface area contributed by atoms with Crippen LogP contribution < -0.4 is 4.90 Å². The fourth-order valence-electron chi connectivity index (χ4n) is 8.24. The molecule has 0 radical (unpaired) electrons. The van der Waals surface area contributed by atoms with E-state index in [9.17, 15) is 0 Å². The summed E-state index contributed by atoms with van der Waals surface area (Å²) in [6, 6.07) is 64.7. The lowest BCUT2D eigenvalue weighted by Gasteiger charge is -2.27. The van der Waals surface area contributed by atoms with Gasteiger partial charge in [-0.3, -0.25) is 0 Å². The predicted molar refractivity (Wildman–Crippen MR) is 219 cm³/mol. The van der Waals surface area contributed by atoms with Crippen molar-refractivity contribution in [2.75, 3.05) is 4.90 Å². The molecule has 0 saturated heterocycles. The van der Waals surface area contributed by atoms with Crippen molar-refractivity contribution < 1.29 is 0 Å². The second kappa shape index (κ2) is 12.2. The second-order valence-electron chi connectivity index (χ2n) is 13.6. The van der Waals surface area contributed by atoms with Gasteiger partial charge in [0.2, 0.25) is 0 Å². The van der Waals surface area contributed by atoms with Crippen LogP contribution in [-0.4, -0.2) is 0 Å². The summed E-state index contributed by atoms with van der Waals surface area (Å²) in [6.45, 7) is 0. The van der Waals surface area contributed by atoms with Crippen LogP contribution in [0.4, 0.5) is 17.1 Å². The first kappa shape index (κ1) is 29.5. The van der Waals surface area contributed by atoms with Gasteiger partial charge in [0.1, 0.15) is 0 Å². The lowest BCUT2D eigenvalue weighted by atomic mass is 9.85. The molecule has 1 aliphatic rings. The Morgan fingerprint density at radius 3 is 1.49 bits per heavy atom. The van der Waals surface area contributed by atoms with E-state index in [1.54, 1.807) is 0 Å². The molecule has 51 heavy (non-hydrogen) atoms. The van der Waals surface area contributed by atoms with Crippen molar-refractivity contribution >= 4 is 66.2 Å². The number of fused-ring (bicyclic) bond motifs is 5. The van der Waals surface area contributed by atoms with Gasteiger partial charge in [0, 0.05) is 17.1 Å². The Morgan fingerprint density at radius 2 is 0.863 bits per heavy atom. The lowest BCUT2D eigenvalue weighted by molar-refractivity contribution is 0.991. The third-order valence-electron chi connectivity index (χ3n) is 10.6. The van der Waals surface area contributed by atoms with E-state index in [0.717, 1.165) is 29.9 Å². The largest absolute Gasteiger partial charge is 0.310 e. The van der Waals surface area contributed by atoms with Crippen LogP contribution in [0.15, 0.2) is 182 Å². The Kier molecular flexibility index (Phi) is 7.03. The van der Waals surface area contributed by atoms with Gasteiger partial charge in [-0.25, -0.2) is 0 Å². The molecule has 1 aliphatic carbocycles. The maximum absolute atomic E-state index is 2.39. The molecule has 0 N–H and O–H groups in total. The molecular formula is C50H35N. The van der Waals surface area contributed by atoms with E-state index >= 15 is 0 Å². The Bertz CT molecular complexity index is 2730. The van der Waals surface area contributed by atoms with E-state index in [2.05, 4.69) is 193 Å². The molecule has 0 spiro atoms. The average Bonchev–Trinajstić information content (AvgIpc) is 3.20. The van der Waals surface area contributed by atoms with Crippen LogP contribution in [-0.2, 0) is 6.42 Å². The quantitative estimate of drug-likeness (QED) is 0.168. The van der Waals surface area contributed by atoms with Crippen molar-refractivity contribution in [1.82, 2.24) is 0 Å². The molecule has 0 saturated carbocycles. The van der Waals surface area contributed by atoms with E-state index in [1.165, 1.54) is 76.5 Å². The number of hydrogen-bond donors (Lipinski definition) is 0. The molecule has 240 valence electrons. The summed E-state index contributed by atoms with van der Waals surface area (Å²) in [5.41, 5.74) is 11.3. The number of rotatable bonds is 5. The van der Waals surface area contributed by atoms with Crippen LogP contribution in [0, 0.1) is 0 Å². The molecule has 0 heterocycles. The molecule has 0 amide bonds. The van der Waals surface area contributed by atoms with Crippen LogP contribution in [0.25, 0.3) is 71.4 Å². The van der Waals surface area contributed by atoms with Gasteiger partial charge < -0.3 is 4.90 Å². The number of anilines is 3. The Labute approximate surface area is 298 Å². The fraction of sp³-hybridized carbons (Fsp3) is 0.0400. The summed E-state index contributed by atoms with van der Waals surface area (Å²) in [6.07, 6.45) is 6.75. The van der Waals surface area contributed by atoms with Crippen LogP contribution in [0.5, 0.6) is 0 Å². The number of allylic oxidation sites excluding steroid dienone is 1. The minimum atomic E-state index is 1.06. The maximum Gasteiger partial charge on any atom is 0.0468 e. The van der Waals surface area contributed by atoms with Gasteiger partial charge in [-0.1, -0.05) is 140 Å². The molecule has 9 aromatic carbocycles. The molecule has 1 heteroatoms. The van der Waals surface area contributed by atoms with Gasteiger partial charge >= 0.3 is 0 Å². The first-order chi connectivity index (χ1) is 25.3. The molecule has 1 nitrogen and oxygen atoms in total. The van der Waals surface area contributed by atoms with Crippen molar-refractivity contribution in [3.05, 3.63) is 193 Å². The van der Waals surface area contributed by atoms with E-state index in [-0.39, 0.29) is 0 Å². The molecule has 0 bridgehead atoms. The molecule has 0 aliphatic heterocycles. The highest BCUT2D eigenvalue weighted by Gasteiger charge is 2.18. The average molecular weight is 650 g/mol. The number of hydrogen-bond acceptors (Lipinski definition) is 1. The summed E-state index contributed by atoms with van der Waals surface area (Å²) in [5.74, 6) is 0. The van der Waals surface area contributed by atoms with E-state index in [4.69, 9.17) is 0 Å². The Hall–Kier alpha value is -6.44. The summed E-state index contributed by atoms with van der Waals surface area (Å²) in [5, 5.41) is 10.2. The fourth-order valence-corrected chi connectivity index (χ4v) is 8.24. The topological polar surface area (TPSA) is 3.24 Å². The highest BCUT2D eigenvalue weighted by atomic mass is 15.1. The van der Waals surface area contributed by atoms with Gasteiger partial charge in [-0.15, -0.1) is 0 Å². The van der Waals surface area contributed by atoms with Gasteiger partial charge in [0.15, 0.2) is 0 Å². The zero-order chi connectivity index (χ0) is 33.7. The summed E-state index contributed by atoms with van der Waals surface area (Å²) >= 11 is 0. The summed E-state index contributed by atoms with van der Waals surface area (Å²) in [4.78, 5) is 2.39. The minimum Gasteiger partial charge on any atom is -0.310 e. The van der Waals surface area contributed by atoms with E-state index in [0.29, 0.717) is 0 Å². The van der Waals surface area contributed by atoms with Crippen LogP contribution in [0.2, 0.25) is 0 Å². The van der Waals surface area contributed by atoms with Crippen LogP contribution in [0.1, 0.15) is 17.5 Å². The highest BCUT2D eigenvalue weighted by molar-refractivity contribution is 6.12. The van der Waals surface area contributed by atoms with E-state index in [1.807, 2.05) is 0 Å². The molecule has 9 aromatic rings. The molecule has 0 atom stereocenters. The number of nitrogens with zero attached hydrogens (tertiary/aromatic N) is 1. The lowest BCUT2D eigenvalue weighted by Crippen LogP contribution is -2.10. The first-order valence-corrected chi connectivity index (χ1v) is 17.9. The third kappa shape index (κ3) is 5.09. The van der Waals surface area contributed by atoms with Gasteiger partial charge in [0.25, 0.3) is 0 Å². The van der Waals surface area contributed by atoms with E-state index < -0.39 is 0 Å². The predicted octanol–water partition coefficient (Wildman–Crippen LogP) is 14.1. The van der Waals surface area contributed by atoms with Crippen LogP contribution >= 0.6 is 0 Å². The second-order valence-corrected chi connectivity index (χ2v) is 13.6. The maximum atomic E-state index is 2.39. The van der Waals surface area contributed by atoms with Gasteiger partial charge in [-0.05, 0) is 138 Å². The van der Waals surface area contributed by atoms with Crippen LogP contribution in [0.3, 0.4) is 0 Å². The monoisotopic (exact) mass is 649 g/mol. The number of benzene rings is 9. The van der Waals surface area contributed by atoms with Crippen molar-refractivity contribution in [3.63, 3.8) is 0 Å².